The largest absolute Gasteiger partial charge is 0.507 e. The molecule has 0 bridgehead atoms. The smallest absolute Gasteiger partial charge is 0.198 e. The van der Waals surface area contributed by atoms with Crippen molar-refractivity contribution in [2.24, 2.45) is 0 Å². The van der Waals surface area contributed by atoms with Crippen LogP contribution in [0.25, 0.3) is 65.2 Å². The van der Waals surface area contributed by atoms with E-state index in [1.54, 1.807) is 164 Å². The number of carbonyl (C=O) groups excluding carboxylic acids is 6. The molecule has 0 unspecified atom stereocenters. The molecular weight excluding hydrogens is 1490 g/mol. The van der Waals surface area contributed by atoms with Crippen LogP contribution in [-0.4, -0.2) is 49.8 Å². The number of phenols is 1. The predicted octanol–water partition coefficient (Wildman–Crippen LogP) is 19.9. The van der Waals surface area contributed by atoms with Gasteiger partial charge in [-0.1, -0.05) is 193 Å². The summed E-state index contributed by atoms with van der Waals surface area (Å²) in [7, 11) is 0. The highest BCUT2D eigenvalue weighted by atomic mass is 16.3. The molecule has 20 rings (SSSR count). The highest BCUT2D eigenvalue weighted by Gasteiger charge is 2.38. The van der Waals surface area contributed by atoms with Crippen molar-refractivity contribution in [2.45, 2.75) is 48.5 Å². The summed E-state index contributed by atoms with van der Waals surface area (Å²) >= 11 is 0. The number of hydrogen-bond acceptors (Lipinski definition) is 16. The zero-order chi connectivity index (χ0) is 83.1. The van der Waals surface area contributed by atoms with Gasteiger partial charge in [-0.15, -0.1) is 0 Å². The van der Waals surface area contributed by atoms with E-state index in [0.717, 1.165) is 50.6 Å². The average Bonchev–Trinajstić information content (AvgIpc) is 0.752. The van der Waals surface area contributed by atoms with Gasteiger partial charge in [0.05, 0.1) is 89.0 Å². The Kier molecular flexibility index (Phi) is 19.2. The maximum atomic E-state index is 13.9. The highest BCUT2D eigenvalue weighted by Crippen LogP contribution is 2.43. The third-order valence-corrected chi connectivity index (χ3v) is 22.2. The van der Waals surface area contributed by atoms with Gasteiger partial charge < -0.3 is 42.1 Å². The molecule has 18 heteroatoms. The minimum absolute atomic E-state index is 0.0563. The number of carbonyl (C=O) groups is 6. The van der Waals surface area contributed by atoms with Crippen LogP contribution < -0.4 is 48.7 Å². The van der Waals surface area contributed by atoms with Crippen LogP contribution >= 0.6 is 0 Å². The number of benzene rings is 16. The van der Waals surface area contributed by atoms with Crippen LogP contribution in [0.5, 0.6) is 5.75 Å². The molecule has 0 aliphatic heterocycles. The number of aromatic amines is 2. The number of nitrogen functional groups attached to an aromatic ring is 1. The number of nitrogens with two attached hydrogens (primary N) is 1. The molecule has 0 amide bonds. The molecule has 9 N–H and O–H groups in total. The SMILES string of the molecule is Cc1cc(C)c(Nc2ccc(Nc3c(C)cc(C)cc3C)c3c2C(=O)c2ccccc2C3=O)c(C)c1.Cc1ccc(Nc2ccc(O)c3c2C(=O)c2ccccc2C3=O)cc1.Nc1ccc(Nc2ccccc2)c2c1C(=O)c1ccccc1C2=O.O=c1c2ccccc2c(=O)c2c1ccc1[nH]c3c(ccc4c(=O)c5ccccc5c(=O)c43)[nH]c12. The van der Waals surface area contributed by atoms with E-state index in [9.17, 15) is 53.1 Å². The first-order valence-corrected chi connectivity index (χ1v) is 38.5. The van der Waals surface area contributed by atoms with Gasteiger partial charge in [-0.3, -0.25) is 47.9 Å². The molecule has 0 atom stereocenters. The van der Waals surface area contributed by atoms with E-state index in [4.69, 9.17) is 5.73 Å². The van der Waals surface area contributed by atoms with Gasteiger partial charge in [0.25, 0.3) is 0 Å². The van der Waals surface area contributed by atoms with Crippen LogP contribution in [0.15, 0.2) is 280 Å². The second-order valence-corrected chi connectivity index (χ2v) is 30.1. The maximum absolute atomic E-state index is 13.9. The number of para-hydroxylation sites is 1. The molecule has 0 saturated carbocycles. The van der Waals surface area contributed by atoms with Gasteiger partial charge in [0.1, 0.15) is 5.75 Å². The molecule has 0 spiro atoms. The number of fused-ring (bicyclic) bond motifs is 14. The first-order chi connectivity index (χ1) is 57.4. The van der Waals surface area contributed by atoms with E-state index in [2.05, 4.69) is 97.0 Å². The number of anilines is 9. The zero-order valence-corrected chi connectivity index (χ0v) is 65.4. The Hall–Kier alpha value is -15.8. The number of aromatic nitrogens is 2. The van der Waals surface area contributed by atoms with Crippen molar-refractivity contribution < 1.29 is 33.9 Å². The number of aromatic hydroxyl groups is 1. The van der Waals surface area contributed by atoms with Crippen molar-refractivity contribution in [1.82, 2.24) is 9.97 Å². The van der Waals surface area contributed by atoms with Gasteiger partial charge in [0.2, 0.25) is 0 Å². The van der Waals surface area contributed by atoms with Crippen molar-refractivity contribution in [1.29, 1.82) is 0 Å². The molecule has 578 valence electrons. The Bertz CT molecular complexity index is 7250. The summed E-state index contributed by atoms with van der Waals surface area (Å²) in [5, 5.41) is 26.4. The molecule has 3 aliphatic rings. The van der Waals surface area contributed by atoms with E-state index in [-0.39, 0.29) is 78.9 Å². The molecule has 119 heavy (non-hydrogen) atoms. The van der Waals surface area contributed by atoms with Crippen LogP contribution in [-0.2, 0) is 0 Å². The Morgan fingerprint density at radius 3 is 0.966 bits per heavy atom. The van der Waals surface area contributed by atoms with Crippen LogP contribution in [0.3, 0.4) is 0 Å². The fraction of sp³-hybridized carbons (Fsp3) is 0.0693. The number of phenolic OH excluding ortho intramolecular Hbond substituents is 1. The summed E-state index contributed by atoms with van der Waals surface area (Å²) in [4.78, 5) is 139. The van der Waals surface area contributed by atoms with Crippen LogP contribution in [0.4, 0.5) is 51.2 Å². The minimum atomic E-state index is -0.338. The predicted molar refractivity (Wildman–Crippen MR) is 474 cm³/mol. The van der Waals surface area contributed by atoms with Gasteiger partial charge in [-0.25, -0.2) is 0 Å². The van der Waals surface area contributed by atoms with Crippen molar-refractivity contribution >= 4 is 151 Å². The Labute approximate surface area is 679 Å². The maximum Gasteiger partial charge on any atom is 0.198 e. The Balaban J connectivity index is 0.000000115. The number of hydrogen-bond donors (Lipinski definition) is 8. The molecule has 0 radical (unpaired) electrons. The van der Waals surface area contributed by atoms with E-state index in [0.29, 0.717) is 144 Å². The third-order valence-electron chi connectivity index (χ3n) is 22.2. The molecular formula is C101H73N7O11. The number of nitrogens with one attached hydrogen (secondary N) is 6. The van der Waals surface area contributed by atoms with E-state index < -0.39 is 0 Å². The summed E-state index contributed by atoms with van der Waals surface area (Å²) in [6, 6.07) is 76.8. The van der Waals surface area contributed by atoms with E-state index in [1.165, 1.54) is 17.2 Å². The summed E-state index contributed by atoms with van der Waals surface area (Å²) in [5.41, 5.74) is 25.3. The summed E-state index contributed by atoms with van der Waals surface area (Å²) < 4.78 is 0. The van der Waals surface area contributed by atoms with Gasteiger partial charge in [-0.2, -0.15) is 0 Å². The normalized spacial score (nSPS) is 12.3. The van der Waals surface area contributed by atoms with Crippen LogP contribution in [0.2, 0.25) is 0 Å². The number of aryl methyl sites for hydroxylation is 7. The molecule has 3 aliphatic carbocycles. The Morgan fingerprint density at radius 1 is 0.269 bits per heavy atom. The van der Waals surface area contributed by atoms with Crippen molar-refractivity contribution in [3.63, 3.8) is 0 Å². The van der Waals surface area contributed by atoms with E-state index >= 15 is 0 Å². The van der Waals surface area contributed by atoms with Gasteiger partial charge >= 0.3 is 0 Å². The second kappa shape index (κ2) is 30.2. The van der Waals surface area contributed by atoms with Crippen LogP contribution in [0.1, 0.15) is 134 Å². The van der Waals surface area contributed by atoms with E-state index in [1.807, 2.05) is 73.7 Å². The zero-order valence-electron chi connectivity index (χ0n) is 65.4. The molecule has 1 heterocycles. The van der Waals surface area contributed by atoms with Crippen molar-refractivity contribution in [2.75, 3.05) is 27.0 Å². The summed E-state index contributed by atoms with van der Waals surface area (Å²) in [5.74, 6) is -1.49. The number of rotatable bonds is 8. The molecule has 18 nitrogen and oxygen atoms in total. The molecule has 1 aromatic heterocycles. The van der Waals surface area contributed by atoms with Crippen molar-refractivity contribution in [3.8, 4) is 5.75 Å². The van der Waals surface area contributed by atoms with Crippen LogP contribution in [0, 0.1) is 48.5 Å². The number of ketones is 6. The monoisotopic (exact) mass is 1560 g/mol. The summed E-state index contributed by atoms with van der Waals surface area (Å²) in [6.45, 7) is 14.3. The molecule has 17 aromatic rings. The molecule has 16 aromatic carbocycles. The first kappa shape index (κ1) is 75.8. The van der Waals surface area contributed by atoms with Gasteiger partial charge in [0, 0.05) is 94.1 Å². The molecule has 0 saturated heterocycles. The third kappa shape index (κ3) is 13.3. The average molecular weight is 1560 g/mol. The highest BCUT2D eigenvalue weighted by molar-refractivity contribution is 6.34. The first-order valence-electron chi connectivity index (χ1n) is 38.5. The van der Waals surface area contributed by atoms with Gasteiger partial charge in [0.15, 0.2) is 56.4 Å². The fourth-order valence-electron chi connectivity index (χ4n) is 16.7. The minimum Gasteiger partial charge on any atom is -0.507 e. The lowest BCUT2D eigenvalue weighted by Gasteiger charge is -2.25. The van der Waals surface area contributed by atoms with Gasteiger partial charge in [-0.05, 0) is 156 Å². The Morgan fingerprint density at radius 2 is 0.571 bits per heavy atom. The lowest BCUT2D eigenvalue weighted by Crippen LogP contribution is -2.23. The summed E-state index contributed by atoms with van der Waals surface area (Å²) in [6.07, 6.45) is 0. The lowest BCUT2D eigenvalue weighted by atomic mass is 9.82. The second-order valence-electron chi connectivity index (χ2n) is 30.1. The quantitative estimate of drug-likeness (QED) is 0.0303. The lowest BCUT2D eigenvalue weighted by molar-refractivity contribution is 0.0977. The topological polar surface area (TPSA) is 297 Å². The number of H-pyrrole nitrogens is 2. The standard InChI is InChI=1S/C32H30N2O2.C28H14N2O4.C21H15NO3.C20H14N2O2/c1-17-13-19(3)29(20(4)14-17)33-25-11-12-26(34-30-21(5)15-18(2)16-22(30)6)28-27(25)31(35)23-9-7-8-10-24(23)32(28)36;31-25-13-5-1-3-7-15(13)27(33)21-17(25)9-11-19-23(21)29-20-12-10-18-22(24(20)30-19)28(34)16-8-4-2-6-14(16)26(18)32;1-12-6-8-13(9-7-12)22-16-10-11-17(23)19-18(16)20(24)14-4-2-3-5-15(14)21(19)25;21-15-10-11-16(22-12-6-2-1-3-7-12)18-17(15)19(23)13-8-4-5-9-14(13)20(18)24/h7-16,33-34H,1-6H3;1-12,29-30H;2-11,22-23H,1H3;1-11,22H,21H2. The fourth-order valence-corrected chi connectivity index (χ4v) is 16.7. The van der Waals surface area contributed by atoms with Crippen molar-refractivity contribution in [3.05, 3.63) is 407 Å². The molecule has 0 fully saturated rings.